The van der Waals surface area contributed by atoms with Gasteiger partial charge in [-0.1, -0.05) is 19.9 Å². The predicted octanol–water partition coefficient (Wildman–Crippen LogP) is 1.42. The Morgan fingerprint density at radius 2 is 1.79 bits per heavy atom. The van der Waals surface area contributed by atoms with E-state index in [4.69, 9.17) is 10.4 Å². The molecule has 0 spiro atoms. The van der Waals surface area contributed by atoms with Crippen LogP contribution in [0.1, 0.15) is 46.5 Å². The summed E-state index contributed by atoms with van der Waals surface area (Å²) in [6.07, 6.45) is 3.95. The maximum atomic E-state index is 11.9. The van der Waals surface area contributed by atoms with E-state index in [9.17, 15) is 19.5 Å². The maximum absolute atomic E-state index is 11.9. The van der Waals surface area contributed by atoms with E-state index in [1.807, 2.05) is 6.92 Å². The van der Waals surface area contributed by atoms with Gasteiger partial charge in [-0.15, -0.1) is 0 Å². The van der Waals surface area contributed by atoms with Crippen molar-refractivity contribution in [2.45, 2.75) is 58.6 Å². The molecule has 24 heavy (non-hydrogen) atoms. The molecule has 4 atom stereocenters. The summed E-state index contributed by atoms with van der Waals surface area (Å²) in [7, 11) is 0. The molecule has 0 radical (unpaired) electrons. The molecule has 7 nitrogen and oxygen atoms in total. The van der Waals surface area contributed by atoms with Crippen molar-refractivity contribution in [2.75, 3.05) is 0 Å². The number of nitrogens with zero attached hydrogens (tertiary/aromatic N) is 1. The number of amides is 1. The molecule has 1 amide bonds. The normalized spacial score (nSPS) is 16.0. The minimum absolute atomic E-state index is 0.0832. The summed E-state index contributed by atoms with van der Waals surface area (Å²) in [6, 6.07) is 0.455. The number of nitrogens with one attached hydrogen (secondary N) is 1. The number of ketones is 1. The fourth-order valence-corrected chi connectivity index (χ4v) is 2.11. The van der Waals surface area contributed by atoms with Crippen molar-refractivity contribution in [3.8, 4) is 6.07 Å². The van der Waals surface area contributed by atoms with Crippen LogP contribution in [0.25, 0.3) is 0 Å². The summed E-state index contributed by atoms with van der Waals surface area (Å²) in [5.41, 5.74) is 0. The van der Waals surface area contributed by atoms with E-state index in [-0.39, 0.29) is 18.8 Å². The third-order valence-electron chi connectivity index (χ3n) is 3.69. The third-order valence-corrected chi connectivity index (χ3v) is 3.69. The molecule has 4 unspecified atom stereocenters. The predicted molar refractivity (Wildman–Crippen MR) is 87.8 cm³/mol. The molecule has 3 N–H and O–H groups in total. The Bertz CT molecular complexity index is 508. The van der Waals surface area contributed by atoms with Gasteiger partial charge in [-0.05, 0) is 44.1 Å². The fourth-order valence-electron chi connectivity index (χ4n) is 2.11. The van der Waals surface area contributed by atoms with Crippen molar-refractivity contribution >= 4 is 17.7 Å². The highest BCUT2D eigenvalue weighted by Gasteiger charge is 2.26. The van der Waals surface area contributed by atoms with Gasteiger partial charge in [0.25, 0.3) is 5.78 Å². The Morgan fingerprint density at radius 1 is 1.17 bits per heavy atom. The van der Waals surface area contributed by atoms with Gasteiger partial charge in [0.05, 0.1) is 6.10 Å². The van der Waals surface area contributed by atoms with Gasteiger partial charge in [-0.3, -0.25) is 14.4 Å². The molecule has 134 valence electrons. The largest absolute Gasteiger partial charge is 0.481 e. The number of carboxylic acids is 1. The van der Waals surface area contributed by atoms with E-state index in [0.717, 1.165) is 6.42 Å². The molecule has 0 rings (SSSR count). The molecule has 0 heterocycles. The average molecular weight is 338 g/mol. The van der Waals surface area contributed by atoms with Crippen LogP contribution in [0.2, 0.25) is 0 Å². The fraction of sp³-hybridized carbons (Fsp3) is 0.647. The number of hydrogen-bond donors (Lipinski definition) is 3. The summed E-state index contributed by atoms with van der Waals surface area (Å²) < 4.78 is 0. The molecular formula is C17H26N2O5. The van der Waals surface area contributed by atoms with E-state index in [1.54, 1.807) is 19.9 Å². The lowest BCUT2D eigenvalue weighted by Crippen LogP contribution is -2.44. The summed E-state index contributed by atoms with van der Waals surface area (Å²) >= 11 is 0. The smallest absolute Gasteiger partial charge is 0.303 e. The number of carbonyl (C=O) groups is 3. The first-order chi connectivity index (χ1) is 11.2. The molecular weight excluding hydrogens is 312 g/mol. The number of aliphatic carboxylic acids is 1. The van der Waals surface area contributed by atoms with Crippen molar-refractivity contribution in [2.24, 2.45) is 11.8 Å². The summed E-state index contributed by atoms with van der Waals surface area (Å²) in [5.74, 6) is -2.67. The first-order valence-electron chi connectivity index (χ1n) is 7.99. The molecule has 0 bridgehead atoms. The highest BCUT2D eigenvalue weighted by molar-refractivity contribution is 6.01. The summed E-state index contributed by atoms with van der Waals surface area (Å²) in [5, 5.41) is 29.2. The Morgan fingerprint density at radius 3 is 2.29 bits per heavy atom. The number of nitriles is 1. The number of aliphatic hydroxyl groups is 1. The van der Waals surface area contributed by atoms with E-state index >= 15 is 0 Å². The molecule has 0 aliphatic carbocycles. The second kappa shape index (κ2) is 11.4. The SMILES string of the molecule is CC(O)CCC(C)/C=C/C(=O)NC(C(=O)C#N)C(C)CCC(=O)O. The molecule has 0 fully saturated rings. The zero-order valence-electron chi connectivity index (χ0n) is 14.4. The third kappa shape index (κ3) is 9.74. The molecule has 0 aromatic heterocycles. The maximum Gasteiger partial charge on any atom is 0.303 e. The number of allylic oxidation sites excluding steroid dienone is 1. The van der Waals surface area contributed by atoms with Crippen LogP contribution in [0.3, 0.4) is 0 Å². The van der Waals surface area contributed by atoms with E-state index in [2.05, 4.69) is 5.32 Å². The standard InChI is InChI=1S/C17H26N2O5/c1-11(4-7-13(3)20)5-8-15(22)19-17(14(21)10-18)12(2)6-9-16(23)24/h5,8,11-13,17,20H,4,6-7,9H2,1-3H3,(H,19,22)(H,23,24)/b8-5+. The number of aliphatic hydroxyl groups excluding tert-OH is 1. The van der Waals surface area contributed by atoms with Gasteiger partial charge in [0.15, 0.2) is 0 Å². The Balaban J connectivity index is 4.67. The Labute approximate surface area is 142 Å². The van der Waals surface area contributed by atoms with Crippen molar-refractivity contribution in [3.63, 3.8) is 0 Å². The van der Waals surface area contributed by atoms with Crippen molar-refractivity contribution < 1.29 is 24.6 Å². The van der Waals surface area contributed by atoms with Gasteiger partial charge in [0, 0.05) is 6.42 Å². The monoisotopic (exact) mass is 338 g/mol. The van der Waals surface area contributed by atoms with Crippen molar-refractivity contribution in [1.29, 1.82) is 5.26 Å². The molecule has 0 saturated carbocycles. The van der Waals surface area contributed by atoms with Crippen LogP contribution in [0.15, 0.2) is 12.2 Å². The number of rotatable bonds is 11. The van der Waals surface area contributed by atoms with Crippen LogP contribution in [0.5, 0.6) is 0 Å². The van der Waals surface area contributed by atoms with Gasteiger partial charge >= 0.3 is 5.97 Å². The van der Waals surface area contributed by atoms with E-state index < -0.39 is 35.7 Å². The zero-order chi connectivity index (χ0) is 18.7. The van der Waals surface area contributed by atoms with Gasteiger partial charge in [-0.2, -0.15) is 5.26 Å². The lowest BCUT2D eigenvalue weighted by molar-refractivity contribution is -0.137. The van der Waals surface area contributed by atoms with Crippen molar-refractivity contribution in [3.05, 3.63) is 12.2 Å². The number of carbonyl (C=O) groups excluding carboxylic acids is 2. The van der Waals surface area contributed by atoms with Gasteiger partial charge in [-0.25, -0.2) is 0 Å². The second-order valence-electron chi connectivity index (χ2n) is 6.13. The summed E-state index contributed by atoms with van der Waals surface area (Å²) in [4.78, 5) is 34.2. The van der Waals surface area contributed by atoms with Crippen LogP contribution in [-0.4, -0.2) is 40.0 Å². The molecule has 0 aromatic rings. The van der Waals surface area contributed by atoms with Gasteiger partial charge in [0.1, 0.15) is 12.1 Å². The van der Waals surface area contributed by atoms with E-state index in [0.29, 0.717) is 6.42 Å². The lowest BCUT2D eigenvalue weighted by atomic mass is 9.93. The molecule has 0 saturated heterocycles. The van der Waals surface area contributed by atoms with Crippen LogP contribution in [0.4, 0.5) is 0 Å². The summed E-state index contributed by atoms with van der Waals surface area (Å²) in [6.45, 7) is 5.22. The van der Waals surface area contributed by atoms with E-state index in [1.165, 1.54) is 12.1 Å². The van der Waals surface area contributed by atoms with Crippen LogP contribution >= 0.6 is 0 Å². The van der Waals surface area contributed by atoms with Crippen molar-refractivity contribution in [1.82, 2.24) is 5.32 Å². The van der Waals surface area contributed by atoms with Crippen LogP contribution < -0.4 is 5.32 Å². The van der Waals surface area contributed by atoms with Gasteiger partial charge in [0.2, 0.25) is 5.91 Å². The topological polar surface area (TPSA) is 127 Å². The second-order valence-corrected chi connectivity index (χ2v) is 6.13. The molecule has 0 aliphatic rings. The first kappa shape index (κ1) is 21.8. The quantitative estimate of drug-likeness (QED) is 0.386. The van der Waals surface area contributed by atoms with Gasteiger partial charge < -0.3 is 15.5 Å². The number of hydrogen-bond acceptors (Lipinski definition) is 5. The highest BCUT2D eigenvalue weighted by Crippen LogP contribution is 2.13. The molecule has 0 aromatic carbocycles. The lowest BCUT2D eigenvalue weighted by Gasteiger charge is -2.20. The minimum atomic E-state index is -1.03. The number of carboxylic acid groups (broad SMARTS) is 1. The minimum Gasteiger partial charge on any atom is -0.481 e. The Kier molecular flexibility index (Phi) is 10.3. The Hall–Kier alpha value is -2.20. The number of Topliss-reactive ketones (excluding diaryl/α,β-unsaturated/α-hetero) is 1. The average Bonchev–Trinajstić information content (AvgIpc) is 2.52. The molecule has 7 heteroatoms. The zero-order valence-corrected chi connectivity index (χ0v) is 14.4. The highest BCUT2D eigenvalue weighted by atomic mass is 16.4. The molecule has 0 aliphatic heterocycles. The van der Waals surface area contributed by atoms with Crippen LogP contribution in [-0.2, 0) is 14.4 Å². The first-order valence-corrected chi connectivity index (χ1v) is 7.99. The van der Waals surface area contributed by atoms with Crippen LogP contribution in [0, 0.1) is 23.2 Å².